The Bertz CT molecular complexity index is 495. The van der Waals surface area contributed by atoms with Gasteiger partial charge in [-0.3, -0.25) is 4.79 Å². The van der Waals surface area contributed by atoms with Crippen LogP contribution in [0.2, 0.25) is 0 Å². The van der Waals surface area contributed by atoms with Gasteiger partial charge in [0.2, 0.25) is 0 Å². The van der Waals surface area contributed by atoms with Crippen LogP contribution in [-0.2, 0) is 9.59 Å². The van der Waals surface area contributed by atoms with E-state index in [2.05, 4.69) is 5.92 Å². The second-order valence-corrected chi connectivity index (χ2v) is 4.38. The molecule has 0 bridgehead atoms. The highest BCUT2D eigenvalue weighted by Crippen LogP contribution is 2.44. The Morgan fingerprint density at radius 3 is 2.56 bits per heavy atom. The predicted molar refractivity (Wildman–Crippen MR) is 67.2 cm³/mol. The van der Waals surface area contributed by atoms with Gasteiger partial charge in [0, 0.05) is 18.3 Å². The molecule has 0 aromatic heterocycles. The van der Waals surface area contributed by atoms with Crippen molar-refractivity contribution in [3.63, 3.8) is 0 Å². The van der Waals surface area contributed by atoms with E-state index in [0.717, 1.165) is 17.6 Å². The van der Waals surface area contributed by atoms with Gasteiger partial charge in [-0.05, 0) is 17.7 Å². The number of methoxy groups -OCH3 is 1. The van der Waals surface area contributed by atoms with Crippen LogP contribution in [0.25, 0.3) is 0 Å². The first-order chi connectivity index (χ1) is 8.72. The van der Waals surface area contributed by atoms with Crippen LogP contribution < -0.4 is 4.74 Å². The maximum Gasteiger partial charge on any atom is 0.145 e. The number of rotatable bonds is 4. The summed E-state index contributed by atoms with van der Waals surface area (Å²) in [7, 11) is 1.58. The fourth-order valence-electron chi connectivity index (χ4n) is 2.46. The highest BCUT2D eigenvalue weighted by atomic mass is 16.5. The molecule has 0 radical (unpaired) electrons. The number of carbonyl (C=O) groups excluding carboxylic acids is 2. The highest BCUT2D eigenvalue weighted by Gasteiger charge is 2.49. The number of terminal acetylenes is 1. The SMILES string of the molecule is C#CC[C@@H]1C(=O)C(c2ccc(OC)cc2)[C@H]1C=O. The molecule has 1 unspecified atom stereocenters. The molecule has 1 aliphatic carbocycles. The topological polar surface area (TPSA) is 43.4 Å². The summed E-state index contributed by atoms with van der Waals surface area (Å²) in [5.74, 6) is 2.31. The standard InChI is InChI=1S/C15H14O3/c1-3-4-12-13(9-16)14(15(12)17)10-5-7-11(18-2)8-6-10/h1,5-9,12-14H,4H2,2H3/t12-,13-,14?/m0/s1. The van der Waals surface area contributed by atoms with Crippen molar-refractivity contribution >= 4 is 12.1 Å². The Labute approximate surface area is 106 Å². The molecule has 0 spiro atoms. The number of benzene rings is 1. The monoisotopic (exact) mass is 242 g/mol. The third-order valence-electron chi connectivity index (χ3n) is 3.49. The molecule has 0 saturated heterocycles. The van der Waals surface area contributed by atoms with E-state index in [9.17, 15) is 9.59 Å². The predicted octanol–water partition coefficient (Wildman–Crippen LogP) is 1.82. The molecular formula is C15H14O3. The summed E-state index contributed by atoms with van der Waals surface area (Å²) in [6, 6.07) is 7.23. The summed E-state index contributed by atoms with van der Waals surface area (Å²) in [6.45, 7) is 0. The molecule has 0 heterocycles. The van der Waals surface area contributed by atoms with Crippen molar-refractivity contribution in [2.24, 2.45) is 11.8 Å². The molecule has 3 nitrogen and oxygen atoms in total. The van der Waals surface area contributed by atoms with Gasteiger partial charge in [0.1, 0.15) is 17.8 Å². The summed E-state index contributed by atoms with van der Waals surface area (Å²) in [5, 5.41) is 0. The van der Waals surface area contributed by atoms with Crippen molar-refractivity contribution in [1.29, 1.82) is 0 Å². The first-order valence-corrected chi connectivity index (χ1v) is 5.79. The van der Waals surface area contributed by atoms with Gasteiger partial charge in [-0.25, -0.2) is 0 Å². The first kappa shape index (κ1) is 12.4. The Kier molecular flexibility index (Phi) is 3.47. The van der Waals surface area contributed by atoms with Crippen molar-refractivity contribution in [1.82, 2.24) is 0 Å². The molecule has 92 valence electrons. The summed E-state index contributed by atoms with van der Waals surface area (Å²) in [4.78, 5) is 23.1. The van der Waals surface area contributed by atoms with E-state index < -0.39 is 0 Å². The third-order valence-corrected chi connectivity index (χ3v) is 3.49. The van der Waals surface area contributed by atoms with E-state index in [0.29, 0.717) is 6.42 Å². The minimum atomic E-state index is -0.341. The number of hydrogen-bond acceptors (Lipinski definition) is 3. The zero-order valence-corrected chi connectivity index (χ0v) is 10.1. The molecule has 18 heavy (non-hydrogen) atoms. The van der Waals surface area contributed by atoms with Crippen molar-refractivity contribution in [3.05, 3.63) is 29.8 Å². The smallest absolute Gasteiger partial charge is 0.145 e. The molecule has 1 aliphatic rings. The minimum absolute atomic E-state index is 0.0650. The van der Waals surface area contributed by atoms with Gasteiger partial charge < -0.3 is 9.53 Å². The quantitative estimate of drug-likeness (QED) is 0.597. The van der Waals surface area contributed by atoms with Crippen LogP contribution in [0.5, 0.6) is 5.75 Å². The van der Waals surface area contributed by atoms with Gasteiger partial charge in [-0.1, -0.05) is 12.1 Å². The van der Waals surface area contributed by atoms with E-state index in [1.807, 2.05) is 12.1 Å². The van der Waals surface area contributed by atoms with Gasteiger partial charge in [-0.2, -0.15) is 0 Å². The fraction of sp³-hybridized carbons (Fsp3) is 0.333. The molecule has 0 amide bonds. The maximum absolute atomic E-state index is 12.0. The van der Waals surface area contributed by atoms with E-state index in [4.69, 9.17) is 11.2 Å². The lowest BCUT2D eigenvalue weighted by Crippen LogP contribution is -2.46. The van der Waals surface area contributed by atoms with Gasteiger partial charge >= 0.3 is 0 Å². The van der Waals surface area contributed by atoms with Gasteiger partial charge in [0.25, 0.3) is 0 Å². The molecule has 0 N–H and O–H groups in total. The van der Waals surface area contributed by atoms with E-state index >= 15 is 0 Å². The lowest BCUT2D eigenvalue weighted by atomic mass is 9.60. The lowest BCUT2D eigenvalue weighted by molar-refractivity contribution is -0.141. The second-order valence-electron chi connectivity index (χ2n) is 4.38. The van der Waals surface area contributed by atoms with Gasteiger partial charge in [0.05, 0.1) is 13.0 Å². The molecule has 1 fully saturated rings. The molecule has 3 atom stereocenters. The molecular weight excluding hydrogens is 228 g/mol. The first-order valence-electron chi connectivity index (χ1n) is 5.79. The number of aldehydes is 1. The lowest BCUT2D eigenvalue weighted by Gasteiger charge is -2.39. The third kappa shape index (κ3) is 1.91. The number of Topliss-reactive ketones (excluding diaryl/α,β-unsaturated/α-hetero) is 1. The summed E-state index contributed by atoms with van der Waals surface area (Å²) in [5.41, 5.74) is 0.853. The van der Waals surface area contributed by atoms with Crippen LogP contribution in [0.3, 0.4) is 0 Å². The highest BCUT2D eigenvalue weighted by molar-refractivity contribution is 5.99. The molecule has 1 aromatic carbocycles. The number of ketones is 1. The van der Waals surface area contributed by atoms with Crippen molar-refractivity contribution in [2.75, 3.05) is 7.11 Å². The summed E-state index contributed by atoms with van der Waals surface area (Å²) >= 11 is 0. The number of ether oxygens (including phenoxy) is 1. The van der Waals surface area contributed by atoms with Crippen LogP contribution in [0, 0.1) is 24.2 Å². The Morgan fingerprint density at radius 2 is 2.06 bits per heavy atom. The van der Waals surface area contributed by atoms with E-state index in [-0.39, 0.29) is 23.5 Å². The Morgan fingerprint density at radius 1 is 1.39 bits per heavy atom. The van der Waals surface area contributed by atoms with Crippen molar-refractivity contribution in [3.8, 4) is 18.1 Å². The molecule has 0 aliphatic heterocycles. The average molecular weight is 242 g/mol. The Hall–Kier alpha value is -2.08. The summed E-state index contributed by atoms with van der Waals surface area (Å²) < 4.78 is 5.06. The van der Waals surface area contributed by atoms with E-state index in [1.165, 1.54) is 0 Å². The average Bonchev–Trinajstić information content (AvgIpc) is 2.42. The molecule has 1 aromatic rings. The minimum Gasteiger partial charge on any atom is -0.497 e. The van der Waals surface area contributed by atoms with Crippen LogP contribution in [-0.4, -0.2) is 19.2 Å². The van der Waals surface area contributed by atoms with E-state index in [1.54, 1.807) is 19.2 Å². The largest absolute Gasteiger partial charge is 0.497 e. The normalized spacial score (nSPS) is 26.0. The Balaban J connectivity index is 2.20. The van der Waals surface area contributed by atoms with Crippen LogP contribution in [0.1, 0.15) is 17.9 Å². The molecule has 2 rings (SSSR count). The van der Waals surface area contributed by atoms with Crippen molar-refractivity contribution < 1.29 is 14.3 Å². The fourth-order valence-corrected chi connectivity index (χ4v) is 2.46. The zero-order chi connectivity index (χ0) is 13.1. The van der Waals surface area contributed by atoms with Crippen LogP contribution in [0.4, 0.5) is 0 Å². The van der Waals surface area contributed by atoms with Crippen molar-refractivity contribution in [2.45, 2.75) is 12.3 Å². The zero-order valence-electron chi connectivity index (χ0n) is 10.1. The van der Waals surface area contributed by atoms with Gasteiger partial charge in [-0.15, -0.1) is 12.3 Å². The molecule has 3 heteroatoms. The molecule has 1 saturated carbocycles. The second kappa shape index (κ2) is 5.05. The van der Waals surface area contributed by atoms with Gasteiger partial charge in [0.15, 0.2) is 0 Å². The summed E-state index contributed by atoms with van der Waals surface area (Å²) in [6.07, 6.45) is 6.39. The maximum atomic E-state index is 12.0. The van der Waals surface area contributed by atoms with Crippen LogP contribution >= 0.6 is 0 Å². The number of carbonyl (C=O) groups is 2. The van der Waals surface area contributed by atoms with Crippen LogP contribution in [0.15, 0.2) is 24.3 Å². The number of hydrogen-bond donors (Lipinski definition) is 0.